The number of nitrogens with one attached hydrogen (secondary N) is 1. The van der Waals surface area contributed by atoms with E-state index in [9.17, 15) is 16.8 Å². The summed E-state index contributed by atoms with van der Waals surface area (Å²) in [4.78, 5) is 0.667. The van der Waals surface area contributed by atoms with Crippen LogP contribution >= 0.6 is 11.8 Å². The monoisotopic (exact) mass is 481 g/mol. The molecule has 0 saturated carbocycles. The van der Waals surface area contributed by atoms with Crippen molar-refractivity contribution in [3.63, 3.8) is 0 Å². The molecular weight excluding hydrogens is 458 g/mol. The molecule has 0 bridgehead atoms. The van der Waals surface area contributed by atoms with Crippen molar-refractivity contribution in [1.29, 1.82) is 0 Å². The molecule has 0 saturated heterocycles. The van der Waals surface area contributed by atoms with Crippen molar-refractivity contribution in [1.82, 2.24) is 19.1 Å². The molecule has 0 spiro atoms. The van der Waals surface area contributed by atoms with Gasteiger partial charge in [-0.25, -0.2) is 16.8 Å². The van der Waals surface area contributed by atoms with E-state index in [1.54, 1.807) is 56.1 Å². The van der Waals surface area contributed by atoms with Gasteiger partial charge in [-0.15, -0.1) is 10.2 Å². The summed E-state index contributed by atoms with van der Waals surface area (Å²) >= 11 is 1.27. The topological polar surface area (TPSA) is 114 Å². The number of hydrogen-bond acceptors (Lipinski definition) is 7. The highest BCUT2D eigenvalue weighted by molar-refractivity contribution is 7.99. The molecule has 12 heteroatoms. The molecule has 3 rings (SSSR count). The van der Waals surface area contributed by atoms with E-state index in [0.29, 0.717) is 28.8 Å². The van der Waals surface area contributed by atoms with Crippen molar-refractivity contribution in [2.45, 2.75) is 33.7 Å². The quantitative estimate of drug-likeness (QED) is 0.500. The lowest BCUT2D eigenvalue weighted by Crippen LogP contribution is -2.30. The maximum absolute atomic E-state index is 12.9. The number of nitrogens with zero attached hydrogens (tertiary/aromatic N) is 4. The molecule has 0 unspecified atom stereocenters. The number of rotatable bonds is 9. The molecule has 0 atom stereocenters. The van der Waals surface area contributed by atoms with E-state index in [4.69, 9.17) is 0 Å². The maximum atomic E-state index is 12.9. The number of sulfonamides is 2. The lowest BCUT2D eigenvalue weighted by molar-refractivity contribution is 0.445. The van der Waals surface area contributed by atoms with Crippen molar-refractivity contribution >= 4 is 37.5 Å². The second kappa shape index (κ2) is 9.39. The molecule has 0 radical (unpaired) electrons. The number of hydrogen-bond donors (Lipinski definition) is 1. The first-order chi connectivity index (χ1) is 14.7. The van der Waals surface area contributed by atoms with Gasteiger partial charge >= 0.3 is 0 Å². The zero-order valence-corrected chi connectivity index (χ0v) is 19.7. The SMILES string of the molecule is CCN(CC)S(=O)(=O)c1ccc(S(=O)(=O)Nc2ccccc2Sc2nncn2C)cc1. The van der Waals surface area contributed by atoms with Crippen molar-refractivity contribution < 1.29 is 16.8 Å². The first kappa shape index (κ1) is 23.3. The van der Waals surface area contributed by atoms with E-state index >= 15 is 0 Å². The Morgan fingerprint density at radius 3 is 2.16 bits per heavy atom. The Morgan fingerprint density at radius 2 is 1.58 bits per heavy atom. The van der Waals surface area contributed by atoms with Gasteiger partial charge in [-0.05, 0) is 48.2 Å². The number of aryl methyl sites for hydroxylation is 1. The summed E-state index contributed by atoms with van der Waals surface area (Å²) in [7, 11) is -5.80. The minimum atomic E-state index is -3.93. The van der Waals surface area contributed by atoms with Crippen LogP contribution in [0.25, 0.3) is 0 Å². The Balaban J connectivity index is 1.86. The highest BCUT2D eigenvalue weighted by Gasteiger charge is 2.23. The van der Waals surface area contributed by atoms with Crippen molar-refractivity contribution in [3.8, 4) is 0 Å². The molecule has 0 aliphatic rings. The highest BCUT2D eigenvalue weighted by atomic mass is 32.2. The van der Waals surface area contributed by atoms with Crippen molar-refractivity contribution in [3.05, 3.63) is 54.9 Å². The summed E-state index contributed by atoms with van der Waals surface area (Å²) in [5, 5.41) is 8.44. The van der Waals surface area contributed by atoms with Crippen LogP contribution in [0.4, 0.5) is 5.69 Å². The Bertz CT molecular complexity index is 1250. The highest BCUT2D eigenvalue weighted by Crippen LogP contribution is 2.33. The molecule has 0 aliphatic carbocycles. The van der Waals surface area contributed by atoms with Gasteiger partial charge in [0.05, 0.1) is 15.5 Å². The van der Waals surface area contributed by atoms with Crippen molar-refractivity contribution in [2.75, 3.05) is 17.8 Å². The van der Waals surface area contributed by atoms with Crippen molar-refractivity contribution in [2.24, 2.45) is 7.05 Å². The van der Waals surface area contributed by atoms with E-state index in [-0.39, 0.29) is 9.79 Å². The molecule has 1 heterocycles. The Labute approximate surface area is 186 Å². The van der Waals surface area contributed by atoms with Crippen LogP contribution in [0.2, 0.25) is 0 Å². The molecular formula is C19H23N5O4S3. The summed E-state index contributed by atoms with van der Waals surface area (Å²) in [6.07, 6.45) is 1.56. The van der Waals surface area contributed by atoms with Gasteiger partial charge in [-0.3, -0.25) is 4.72 Å². The van der Waals surface area contributed by atoms with Crippen LogP contribution in [0.1, 0.15) is 13.8 Å². The van der Waals surface area contributed by atoms with Gasteiger partial charge in [-0.1, -0.05) is 26.0 Å². The van der Waals surface area contributed by atoms with Crippen LogP contribution < -0.4 is 4.72 Å². The van der Waals surface area contributed by atoms with Crippen LogP contribution in [0, 0.1) is 0 Å². The molecule has 166 valence electrons. The molecule has 2 aromatic carbocycles. The van der Waals surface area contributed by atoms with Gasteiger partial charge < -0.3 is 4.57 Å². The van der Waals surface area contributed by atoms with E-state index in [1.165, 1.54) is 40.3 Å². The zero-order chi connectivity index (χ0) is 22.6. The standard InChI is InChI=1S/C19H23N5O4S3/c1-4-24(5-2)31(27,28)16-12-10-15(11-13-16)30(25,26)22-17-8-6-7-9-18(17)29-19-21-20-14-23(19)3/h6-14,22H,4-5H2,1-3H3. The van der Waals surface area contributed by atoms with E-state index in [0.717, 1.165) is 0 Å². The van der Waals surface area contributed by atoms with Gasteiger partial charge in [0.25, 0.3) is 10.0 Å². The van der Waals surface area contributed by atoms with Gasteiger partial charge in [0.2, 0.25) is 10.0 Å². The lowest BCUT2D eigenvalue weighted by Gasteiger charge is -2.18. The molecule has 3 aromatic rings. The summed E-state index contributed by atoms with van der Waals surface area (Å²) in [5.74, 6) is 0. The average Bonchev–Trinajstić information content (AvgIpc) is 3.14. The van der Waals surface area contributed by atoms with Crippen LogP contribution in [-0.2, 0) is 27.1 Å². The van der Waals surface area contributed by atoms with E-state index < -0.39 is 20.0 Å². The number of aromatic nitrogens is 3. The predicted molar refractivity (Wildman–Crippen MR) is 119 cm³/mol. The molecule has 0 aliphatic heterocycles. The number of benzene rings is 2. The Hall–Kier alpha value is -2.41. The fraction of sp³-hybridized carbons (Fsp3) is 0.263. The molecule has 1 N–H and O–H groups in total. The normalized spacial score (nSPS) is 12.3. The fourth-order valence-corrected chi connectivity index (χ4v) is 6.26. The fourth-order valence-electron chi connectivity index (χ4n) is 2.81. The minimum Gasteiger partial charge on any atom is -0.311 e. The lowest BCUT2D eigenvalue weighted by atomic mass is 10.3. The number of para-hydroxylation sites is 1. The summed E-state index contributed by atoms with van der Waals surface area (Å²) in [6.45, 7) is 4.17. The third kappa shape index (κ3) is 5.09. The molecule has 0 fully saturated rings. The largest absolute Gasteiger partial charge is 0.311 e. The minimum absolute atomic E-state index is 0.0375. The summed E-state index contributed by atoms with van der Waals surface area (Å²) < 4.78 is 56.7. The first-order valence-corrected chi connectivity index (χ1v) is 13.2. The van der Waals surface area contributed by atoms with E-state index in [2.05, 4.69) is 14.9 Å². The summed E-state index contributed by atoms with van der Waals surface area (Å²) in [6, 6.07) is 12.1. The molecule has 0 amide bonds. The Kier molecular flexibility index (Phi) is 7.04. The van der Waals surface area contributed by atoms with Crippen LogP contribution in [0.5, 0.6) is 0 Å². The summed E-state index contributed by atoms with van der Waals surface area (Å²) in [5.41, 5.74) is 0.385. The second-order valence-corrected chi connectivity index (χ2v) is 11.1. The van der Waals surface area contributed by atoms with Gasteiger partial charge in [0.15, 0.2) is 5.16 Å². The Morgan fingerprint density at radius 1 is 0.968 bits per heavy atom. The smallest absolute Gasteiger partial charge is 0.261 e. The van der Waals surface area contributed by atoms with Gasteiger partial charge in [0.1, 0.15) is 6.33 Å². The number of anilines is 1. The van der Waals surface area contributed by atoms with Crippen LogP contribution in [0.15, 0.2) is 74.7 Å². The average molecular weight is 482 g/mol. The third-order valence-corrected chi connectivity index (χ3v) is 9.05. The molecule has 9 nitrogen and oxygen atoms in total. The van der Waals surface area contributed by atoms with Crippen LogP contribution in [-0.4, -0.2) is 49.0 Å². The van der Waals surface area contributed by atoms with Gasteiger partial charge in [0, 0.05) is 25.0 Å². The second-order valence-electron chi connectivity index (χ2n) is 6.49. The third-order valence-electron chi connectivity index (χ3n) is 4.48. The first-order valence-electron chi connectivity index (χ1n) is 9.43. The maximum Gasteiger partial charge on any atom is 0.261 e. The predicted octanol–water partition coefficient (Wildman–Crippen LogP) is 2.80. The van der Waals surface area contributed by atoms with Gasteiger partial charge in [-0.2, -0.15) is 4.31 Å². The molecule has 31 heavy (non-hydrogen) atoms. The molecule has 1 aromatic heterocycles. The van der Waals surface area contributed by atoms with Crippen LogP contribution in [0.3, 0.4) is 0 Å². The zero-order valence-electron chi connectivity index (χ0n) is 17.3. The van der Waals surface area contributed by atoms with E-state index in [1.807, 2.05) is 0 Å².